The van der Waals surface area contributed by atoms with Gasteiger partial charge in [-0.05, 0) is 140 Å². The highest BCUT2D eigenvalue weighted by Gasteiger charge is 2.37. The van der Waals surface area contributed by atoms with Crippen LogP contribution < -0.4 is 18.3 Å². The lowest BCUT2D eigenvalue weighted by atomic mass is 9.81. The summed E-state index contributed by atoms with van der Waals surface area (Å²) in [6.07, 6.45) is 26.1. The Morgan fingerprint density at radius 1 is 0.305 bits per heavy atom. The lowest BCUT2D eigenvalue weighted by Crippen LogP contribution is -2.27. The fourth-order valence-electron chi connectivity index (χ4n) is 13.5. The van der Waals surface area contributed by atoms with Crippen LogP contribution in [0.5, 0.6) is 0 Å². The monoisotopic (exact) mass is 1060 g/mol. The molecule has 0 amide bonds. The van der Waals surface area contributed by atoms with Crippen LogP contribution in [0.25, 0.3) is 135 Å². The zero-order valence-corrected chi connectivity index (χ0v) is 47.5. The van der Waals surface area contributed by atoms with Crippen molar-refractivity contribution >= 4 is 46.4 Å². The summed E-state index contributed by atoms with van der Waals surface area (Å²) in [6, 6.07) is 54.0. The molecule has 0 saturated carbocycles. The second kappa shape index (κ2) is 18.3. The van der Waals surface area contributed by atoms with Gasteiger partial charge in [0, 0.05) is 90.5 Å². The largest absolute Gasteiger partial charge is 0.354 e. The van der Waals surface area contributed by atoms with E-state index in [0.29, 0.717) is 0 Å². The summed E-state index contributed by atoms with van der Waals surface area (Å²) in [7, 11) is 8.36. The number of aryl methyl sites for hydroxylation is 4. The fourth-order valence-corrected chi connectivity index (χ4v) is 13.5. The Kier molecular flexibility index (Phi) is 11.0. The first kappa shape index (κ1) is 49.1. The summed E-state index contributed by atoms with van der Waals surface area (Å²) >= 11 is 0. The summed E-state index contributed by atoms with van der Waals surface area (Å²) in [5.74, 6) is 0. The number of nitrogens with zero attached hydrogens (tertiary/aromatic N) is 6. The van der Waals surface area contributed by atoms with Crippen LogP contribution in [0.3, 0.4) is 0 Å². The third-order valence-electron chi connectivity index (χ3n) is 17.7. The molecule has 4 aromatic carbocycles. The van der Waals surface area contributed by atoms with Crippen LogP contribution in [0.4, 0.5) is 0 Å². The minimum absolute atomic E-state index is 0.126. The van der Waals surface area contributed by atoms with Crippen molar-refractivity contribution in [1.82, 2.24) is 19.9 Å². The summed E-state index contributed by atoms with van der Waals surface area (Å²) < 4.78 is 8.52. The Labute approximate surface area is 478 Å². The molecule has 9 heterocycles. The average Bonchev–Trinajstić information content (AvgIpc) is 4.57. The van der Waals surface area contributed by atoms with E-state index in [9.17, 15) is 0 Å². The molecule has 394 valence electrons. The van der Waals surface area contributed by atoms with Crippen molar-refractivity contribution in [1.29, 1.82) is 0 Å². The van der Waals surface area contributed by atoms with Gasteiger partial charge in [-0.25, -0.2) is 28.2 Å². The lowest BCUT2D eigenvalue weighted by molar-refractivity contribution is -0.671. The molecule has 82 heavy (non-hydrogen) atoms. The minimum Gasteiger partial charge on any atom is -0.354 e. The van der Waals surface area contributed by atoms with Crippen LogP contribution in [0, 0.1) is 0 Å². The van der Waals surface area contributed by atoms with Crippen LogP contribution in [-0.2, 0) is 39.0 Å². The molecule has 0 spiro atoms. The normalized spacial score (nSPS) is 14.0. The zero-order valence-electron chi connectivity index (χ0n) is 47.5. The van der Waals surface area contributed by atoms with Crippen molar-refractivity contribution in [3.8, 4) is 89.0 Å². The molecule has 0 radical (unpaired) electrons. The molecule has 0 unspecified atom stereocenters. The van der Waals surface area contributed by atoms with Gasteiger partial charge in [-0.3, -0.25) is 0 Å². The van der Waals surface area contributed by atoms with Gasteiger partial charge in [0.25, 0.3) is 0 Å². The van der Waals surface area contributed by atoms with Crippen LogP contribution in [0.2, 0.25) is 0 Å². The standard InChI is InChI=1S/C74H61N8/c1-73(2)57-15-11-9-13-53(57)55-19-17-47(39-59(55)73)49-37-51(43-81(7)41-49)71-65-25-21-61(75-65)69(45-29-33-79(5)34-30-45)63-23-27-67(77-63)72(68-28-24-64(78-68)70(62-22-26-66(71)76-62)46-31-35-80(6)36-32-46)52-38-50(42-82(8)44-52)48-18-20-56-54-14-10-12-16-58(54)74(3,4)60(56)40-48/h9-44H,1-8H3,(H,75,76,77,78)/q+3/p+1. The number of H-pyrrole nitrogens is 2. The van der Waals surface area contributed by atoms with Gasteiger partial charge in [-0.2, -0.15) is 0 Å². The molecule has 8 bridgehead atoms. The van der Waals surface area contributed by atoms with E-state index in [1.807, 2.05) is 0 Å². The molecular weight excluding hydrogens is 1000 g/mol. The number of fused-ring (bicyclic) bond motifs is 14. The van der Waals surface area contributed by atoms with Gasteiger partial charge in [0.2, 0.25) is 0 Å². The van der Waals surface area contributed by atoms with Crippen molar-refractivity contribution < 1.29 is 18.3 Å². The molecular formula is C74H62N8+4. The minimum atomic E-state index is -0.126. The molecule has 0 saturated heterocycles. The van der Waals surface area contributed by atoms with Crippen molar-refractivity contribution in [3.05, 3.63) is 240 Å². The van der Waals surface area contributed by atoms with Gasteiger partial charge in [0.05, 0.1) is 33.9 Å². The lowest BCUT2D eigenvalue weighted by Gasteiger charge is -2.21. The predicted octanol–water partition coefficient (Wildman–Crippen LogP) is 14.6. The van der Waals surface area contributed by atoms with Crippen LogP contribution in [-0.4, -0.2) is 19.9 Å². The van der Waals surface area contributed by atoms with Gasteiger partial charge < -0.3 is 9.97 Å². The summed E-state index contributed by atoms with van der Waals surface area (Å²) in [4.78, 5) is 19.4. The van der Waals surface area contributed by atoms with Crippen molar-refractivity contribution in [2.24, 2.45) is 28.2 Å². The molecule has 11 aromatic rings. The SMILES string of the molecule is C[n+]1ccc(-c2c3nc(c(-c4cc(-c5ccc6c(c5)C(C)(C)c5ccccc5-6)c[n+](C)c4)c4ccc([nH]4)c(-c4cc[n+](C)cc4)c4nc(c(-c5cc(-c6ccc7c(c6)C(C)(C)c6ccccc6-7)c[n+](C)c5)c5ccc2[nH]5)C=C4)C=C3)cc1. The number of hydrogen-bond donors (Lipinski definition) is 2. The highest BCUT2D eigenvalue weighted by Crippen LogP contribution is 2.51. The number of aromatic amines is 2. The van der Waals surface area contributed by atoms with Gasteiger partial charge in [-0.1, -0.05) is 100 Å². The molecule has 8 heteroatoms. The van der Waals surface area contributed by atoms with E-state index in [4.69, 9.17) is 9.97 Å². The van der Waals surface area contributed by atoms with Crippen molar-refractivity contribution in [3.63, 3.8) is 0 Å². The maximum absolute atomic E-state index is 5.68. The number of hydrogen-bond acceptors (Lipinski definition) is 2. The second-order valence-electron chi connectivity index (χ2n) is 23.8. The molecule has 2 N–H and O–H groups in total. The van der Waals surface area contributed by atoms with Crippen LogP contribution in [0.15, 0.2) is 195 Å². The third kappa shape index (κ3) is 7.87. The van der Waals surface area contributed by atoms with E-state index < -0.39 is 0 Å². The van der Waals surface area contributed by atoms with E-state index in [0.717, 1.165) is 100 Å². The zero-order chi connectivity index (χ0) is 55.8. The maximum atomic E-state index is 5.68. The Bertz CT molecular complexity index is 4470. The Morgan fingerprint density at radius 2 is 0.634 bits per heavy atom. The van der Waals surface area contributed by atoms with Gasteiger partial charge >= 0.3 is 0 Å². The third-order valence-corrected chi connectivity index (χ3v) is 17.7. The smallest absolute Gasteiger partial charge is 0.176 e. The van der Waals surface area contributed by atoms with E-state index in [-0.39, 0.29) is 10.8 Å². The summed E-state index contributed by atoms with van der Waals surface area (Å²) in [6.45, 7) is 9.39. The number of benzene rings is 4. The van der Waals surface area contributed by atoms with Gasteiger partial charge in [0.15, 0.2) is 49.6 Å². The van der Waals surface area contributed by atoms with E-state index in [1.54, 1.807) is 0 Å². The quantitative estimate of drug-likeness (QED) is 0.163. The molecule has 2 aliphatic carbocycles. The molecule has 15 rings (SSSR count). The number of pyridine rings is 4. The van der Waals surface area contributed by atoms with E-state index >= 15 is 0 Å². The highest BCUT2D eigenvalue weighted by molar-refractivity contribution is 6.00. The molecule has 8 nitrogen and oxygen atoms in total. The first-order valence-electron chi connectivity index (χ1n) is 28.3. The van der Waals surface area contributed by atoms with Gasteiger partial charge in [-0.15, -0.1) is 0 Å². The second-order valence-corrected chi connectivity index (χ2v) is 23.8. The Hall–Kier alpha value is -9.92. The molecule has 2 aliphatic heterocycles. The molecule has 0 fully saturated rings. The summed E-state index contributed by atoms with van der Waals surface area (Å²) in [5.41, 5.74) is 30.5. The Morgan fingerprint density at radius 3 is 1.01 bits per heavy atom. The predicted molar refractivity (Wildman–Crippen MR) is 331 cm³/mol. The van der Waals surface area contributed by atoms with Crippen LogP contribution >= 0.6 is 0 Å². The first-order chi connectivity index (χ1) is 39.7. The molecule has 4 aliphatic rings. The number of rotatable bonds is 6. The van der Waals surface area contributed by atoms with Crippen LogP contribution in [0.1, 0.15) is 72.7 Å². The number of nitrogens with one attached hydrogen (secondary N) is 2. The fraction of sp³-hybridized carbons (Fsp3) is 0.135. The average molecular weight is 1060 g/mol. The summed E-state index contributed by atoms with van der Waals surface area (Å²) in [5, 5.41) is 0. The first-order valence-corrected chi connectivity index (χ1v) is 28.3. The Balaban J connectivity index is 0.982. The molecule has 0 atom stereocenters. The van der Waals surface area contributed by atoms with E-state index in [2.05, 4.69) is 304 Å². The van der Waals surface area contributed by atoms with E-state index in [1.165, 1.54) is 55.6 Å². The maximum Gasteiger partial charge on any atom is 0.176 e. The van der Waals surface area contributed by atoms with Crippen molar-refractivity contribution in [2.75, 3.05) is 0 Å². The number of aromatic nitrogens is 8. The van der Waals surface area contributed by atoms with Crippen molar-refractivity contribution in [2.45, 2.75) is 38.5 Å². The topological polar surface area (TPSA) is 72.9 Å². The molecule has 7 aromatic heterocycles. The highest BCUT2D eigenvalue weighted by atomic mass is 14.9. The van der Waals surface area contributed by atoms with Gasteiger partial charge in [0.1, 0.15) is 28.2 Å².